The van der Waals surface area contributed by atoms with Gasteiger partial charge in [0.25, 0.3) is 23.6 Å². The highest BCUT2D eigenvalue weighted by Crippen LogP contribution is 2.31. The molecule has 0 bridgehead atoms. The van der Waals surface area contributed by atoms with Gasteiger partial charge in [-0.05, 0) is 111 Å². The minimum Gasteiger partial charge on any atom is -0.451 e. The number of carbonyl (C=O) groups excluding carboxylic acids is 8. The maximum atomic E-state index is 15.1. The zero-order chi connectivity index (χ0) is 61.4. The lowest BCUT2D eigenvalue weighted by atomic mass is 9.94. The van der Waals surface area contributed by atoms with Crippen molar-refractivity contribution in [2.75, 3.05) is 41.3 Å². The third kappa shape index (κ3) is 18.4. The molecule has 1 heterocycles. The second kappa shape index (κ2) is 31.1. The molecule has 4 amide bonds. The lowest BCUT2D eigenvalue weighted by Gasteiger charge is -2.35. The number of hydrogen-bond acceptors (Lipinski definition) is 13. The van der Waals surface area contributed by atoms with E-state index in [0.29, 0.717) is 29.8 Å². The molecule has 3 aromatic carbocycles. The van der Waals surface area contributed by atoms with Gasteiger partial charge < -0.3 is 38.5 Å². The fourth-order valence-corrected chi connectivity index (χ4v) is 10.2. The summed E-state index contributed by atoms with van der Waals surface area (Å²) in [4.78, 5) is 124. The van der Waals surface area contributed by atoms with Gasteiger partial charge >= 0.3 is 23.9 Å². The van der Waals surface area contributed by atoms with E-state index in [9.17, 15) is 42.3 Å². The summed E-state index contributed by atoms with van der Waals surface area (Å²) in [5, 5.41) is 0. The first-order chi connectivity index (χ1) is 38.5. The molecule has 0 spiro atoms. The van der Waals surface area contributed by atoms with Gasteiger partial charge in [-0.2, -0.15) is 0 Å². The quantitative estimate of drug-likeness (QED) is 0.0927. The number of amides is 4. The summed E-state index contributed by atoms with van der Waals surface area (Å²) in [6, 6.07) is 13.9. The largest absolute Gasteiger partial charge is 0.451 e. The number of carbonyl (C=O) groups is 8. The van der Waals surface area contributed by atoms with Crippen LogP contribution in [-0.4, -0.2) is 162 Å². The van der Waals surface area contributed by atoms with Crippen molar-refractivity contribution in [3.05, 3.63) is 107 Å². The van der Waals surface area contributed by atoms with E-state index in [4.69, 9.17) is 18.9 Å². The Bertz CT molecular complexity index is 2630. The fourth-order valence-electron chi connectivity index (χ4n) is 10.2. The van der Waals surface area contributed by atoms with E-state index in [1.807, 2.05) is 69.2 Å². The van der Waals surface area contributed by atoms with E-state index in [0.717, 1.165) is 37.3 Å². The minimum atomic E-state index is -1.63. The third-order valence-electron chi connectivity index (χ3n) is 14.9. The zero-order valence-corrected chi connectivity index (χ0v) is 51.0. The molecule has 0 saturated carbocycles. The molecule has 1 aliphatic heterocycles. The van der Waals surface area contributed by atoms with Crippen LogP contribution in [0.2, 0.25) is 0 Å². The van der Waals surface area contributed by atoms with E-state index >= 15 is 4.79 Å². The molecule has 1 unspecified atom stereocenters. The number of halogens is 2. The Morgan fingerprint density at radius 2 is 0.768 bits per heavy atom. The molecule has 0 aromatic heterocycles. The van der Waals surface area contributed by atoms with Crippen molar-refractivity contribution >= 4 is 47.5 Å². The van der Waals surface area contributed by atoms with Gasteiger partial charge in [0, 0.05) is 41.0 Å². The lowest BCUT2D eigenvalue weighted by molar-refractivity contribution is -0.176. The van der Waals surface area contributed by atoms with E-state index in [1.54, 1.807) is 54.6 Å². The number of cyclic esters (lactones) is 4. The van der Waals surface area contributed by atoms with Gasteiger partial charge in [0.05, 0.1) is 6.04 Å². The van der Waals surface area contributed by atoms with Crippen LogP contribution in [0.5, 0.6) is 0 Å². The summed E-state index contributed by atoms with van der Waals surface area (Å²) in [6.45, 7) is 22.4. The van der Waals surface area contributed by atoms with Crippen LogP contribution < -0.4 is 0 Å². The number of rotatable bonds is 17. The molecule has 1 saturated heterocycles. The van der Waals surface area contributed by atoms with Crippen LogP contribution in [-0.2, 0) is 70.1 Å². The minimum absolute atomic E-state index is 0.0410. The predicted molar refractivity (Wildman–Crippen MR) is 306 cm³/mol. The SMILES string of the molecule is CCN(CC)C(c1ccc(C[C@H]2OC(=O)[C@H](CC(C)C)N(C)C(=O)[C@@H](C)OC(=O)[C@H](CC(C)C)N(C)C(=O)[C@@H](Cc3ccccc3)OC(=O)[C@H](CC(C)C)N(C)C(=O)[C@@H](C)OC(=O)[C@H](CC(C)C)N(C)C2=O)cc1)c1ccc(F)c(F)c1. The Morgan fingerprint density at radius 1 is 0.439 bits per heavy atom. The molecule has 9 atom stereocenters. The molecule has 1 fully saturated rings. The van der Waals surface area contributed by atoms with Gasteiger partial charge in [-0.3, -0.25) is 24.1 Å². The first-order valence-corrected chi connectivity index (χ1v) is 28.7. The molecule has 17 nitrogen and oxygen atoms in total. The first kappa shape index (κ1) is 67.7. The summed E-state index contributed by atoms with van der Waals surface area (Å²) in [6.07, 6.45) is -6.26. The molecule has 452 valence electrons. The van der Waals surface area contributed by atoms with Crippen molar-refractivity contribution in [3.8, 4) is 0 Å². The van der Waals surface area contributed by atoms with Crippen molar-refractivity contribution in [2.45, 2.75) is 176 Å². The molecular weight excluding hydrogens is 1060 g/mol. The Hall–Kier alpha value is -6.76. The Balaban J connectivity index is 1.90. The summed E-state index contributed by atoms with van der Waals surface area (Å²) < 4.78 is 52.9. The van der Waals surface area contributed by atoms with Crippen LogP contribution in [0.1, 0.15) is 137 Å². The van der Waals surface area contributed by atoms with Crippen molar-refractivity contribution < 1.29 is 66.1 Å². The number of esters is 4. The van der Waals surface area contributed by atoms with Crippen molar-refractivity contribution in [1.29, 1.82) is 0 Å². The highest BCUT2D eigenvalue weighted by molar-refractivity contribution is 5.94. The number of ether oxygens (including phenoxy) is 4. The number of nitrogens with zero attached hydrogens (tertiary/aromatic N) is 5. The van der Waals surface area contributed by atoms with Crippen LogP contribution in [0.4, 0.5) is 8.78 Å². The van der Waals surface area contributed by atoms with Gasteiger partial charge in [0.15, 0.2) is 36.1 Å². The van der Waals surface area contributed by atoms with Crippen LogP contribution >= 0.6 is 0 Å². The monoisotopic (exact) mass is 1150 g/mol. The summed E-state index contributed by atoms with van der Waals surface area (Å²) >= 11 is 0. The Kier molecular flexibility index (Phi) is 25.7. The Labute approximate surface area is 484 Å². The number of benzene rings is 3. The van der Waals surface area contributed by atoms with E-state index in [1.165, 1.54) is 48.1 Å². The van der Waals surface area contributed by atoms with Crippen LogP contribution in [0, 0.1) is 35.3 Å². The standard InChI is InChI=1S/C63H89F2N5O12/c1-17-70(18-2)55(46-28-29-47(64)48(65)36-46)45-26-24-44(25-27-45)35-54-59(74)69(16)50(31-38(5)6)61(76)80-41(11)56(71)66(13)51(32-39(7)8)62(77)81-53(34-43-22-20-19-21-23-43)58(73)68(15)49(30-37(3)4)60(75)79-42(12)57(72)67(14)52(33-40(9)10)63(78)82-54/h19-29,36-42,49-55H,17-18,30-35H2,1-16H3/t41-,42-,49+,50+,51+,52+,53-,54-,55?/m1/s1. The molecule has 82 heavy (non-hydrogen) atoms. The molecule has 4 rings (SSSR count). The smallest absolute Gasteiger partial charge is 0.329 e. The second-order valence-electron chi connectivity index (χ2n) is 23.3. The molecule has 1 aliphatic rings. The van der Waals surface area contributed by atoms with E-state index in [2.05, 4.69) is 4.90 Å². The van der Waals surface area contributed by atoms with Crippen LogP contribution in [0.25, 0.3) is 0 Å². The topological polar surface area (TPSA) is 190 Å². The first-order valence-electron chi connectivity index (χ1n) is 28.7. The van der Waals surface area contributed by atoms with Gasteiger partial charge in [0.1, 0.15) is 24.2 Å². The van der Waals surface area contributed by atoms with E-state index < -0.39 is 114 Å². The van der Waals surface area contributed by atoms with Crippen LogP contribution in [0.3, 0.4) is 0 Å². The van der Waals surface area contributed by atoms with Crippen molar-refractivity contribution in [3.63, 3.8) is 0 Å². The van der Waals surface area contributed by atoms with Crippen molar-refractivity contribution in [2.24, 2.45) is 23.7 Å². The molecule has 0 radical (unpaired) electrons. The lowest BCUT2D eigenvalue weighted by Crippen LogP contribution is -2.55. The molecule has 19 heteroatoms. The summed E-state index contributed by atoms with van der Waals surface area (Å²) in [5.74, 6) is -9.72. The molecule has 0 aliphatic carbocycles. The number of likely N-dealkylation sites (N-methyl/N-ethyl adjacent to an activating group) is 4. The summed E-state index contributed by atoms with van der Waals surface area (Å²) in [5.41, 5.74) is 2.38. The van der Waals surface area contributed by atoms with Crippen molar-refractivity contribution in [1.82, 2.24) is 24.5 Å². The fraction of sp³-hybridized carbons (Fsp3) is 0.587. The molecular formula is C63H89F2N5O12. The maximum absolute atomic E-state index is 15.1. The molecule has 3 aromatic rings. The zero-order valence-electron chi connectivity index (χ0n) is 51.0. The maximum Gasteiger partial charge on any atom is 0.329 e. The van der Waals surface area contributed by atoms with Gasteiger partial charge in [-0.15, -0.1) is 0 Å². The number of hydrogen-bond donors (Lipinski definition) is 0. The highest BCUT2D eigenvalue weighted by atomic mass is 19.2. The second-order valence-corrected chi connectivity index (χ2v) is 23.3. The van der Waals surface area contributed by atoms with Gasteiger partial charge in [-0.25, -0.2) is 28.0 Å². The Morgan fingerprint density at radius 3 is 1.11 bits per heavy atom. The van der Waals surface area contributed by atoms with E-state index in [-0.39, 0.29) is 62.2 Å². The normalized spacial score (nSPS) is 23.4. The van der Waals surface area contributed by atoms with Gasteiger partial charge in [0.2, 0.25) is 0 Å². The highest BCUT2D eigenvalue weighted by Gasteiger charge is 2.43. The molecule has 0 N–H and O–H groups in total. The summed E-state index contributed by atoms with van der Waals surface area (Å²) in [7, 11) is 5.47. The predicted octanol–water partition coefficient (Wildman–Crippen LogP) is 8.37. The van der Waals surface area contributed by atoms with Gasteiger partial charge in [-0.1, -0.05) is 130 Å². The third-order valence-corrected chi connectivity index (χ3v) is 14.9. The van der Waals surface area contributed by atoms with Crippen LogP contribution in [0.15, 0.2) is 72.8 Å². The average Bonchev–Trinajstić information content (AvgIpc) is 3.57. The average molecular weight is 1150 g/mol.